The minimum Gasteiger partial charge on any atom is -0.313 e. The number of nitrogens with two attached hydrogens (primary N) is 1. The van der Waals surface area contributed by atoms with Gasteiger partial charge in [-0.3, -0.25) is 9.35 Å². The average molecular weight is 223 g/mol. The standard InChI is InChI=1S/C8H17NO4S/c1-2-3-4-5-7(10)6-8(9)14(11,12)13/h8H,2-6,9H2,1H3,(H,11,12,13). The molecule has 0 aliphatic heterocycles. The molecule has 0 aromatic rings. The first-order chi connectivity index (χ1) is 6.38. The number of hydrogen-bond acceptors (Lipinski definition) is 4. The Balaban J connectivity index is 3.84. The zero-order chi connectivity index (χ0) is 11.2. The third-order valence-corrected chi connectivity index (χ3v) is 2.80. The number of carbonyl (C=O) groups is 1. The van der Waals surface area contributed by atoms with Crippen molar-refractivity contribution in [3.8, 4) is 0 Å². The molecule has 0 fully saturated rings. The molecule has 3 N–H and O–H groups in total. The monoisotopic (exact) mass is 223 g/mol. The molecule has 1 atom stereocenters. The van der Waals surface area contributed by atoms with Crippen LogP contribution in [0.2, 0.25) is 0 Å². The first-order valence-electron chi connectivity index (χ1n) is 4.61. The van der Waals surface area contributed by atoms with Crippen LogP contribution in [0.25, 0.3) is 0 Å². The van der Waals surface area contributed by atoms with Gasteiger partial charge in [0.15, 0.2) is 0 Å². The van der Waals surface area contributed by atoms with Crippen LogP contribution < -0.4 is 5.73 Å². The second kappa shape index (κ2) is 6.10. The highest BCUT2D eigenvalue weighted by Gasteiger charge is 2.20. The first-order valence-corrected chi connectivity index (χ1v) is 6.11. The summed E-state index contributed by atoms with van der Waals surface area (Å²) in [6, 6.07) is 0. The molecule has 0 aliphatic carbocycles. The zero-order valence-electron chi connectivity index (χ0n) is 8.27. The summed E-state index contributed by atoms with van der Waals surface area (Å²) in [4.78, 5) is 11.1. The molecule has 14 heavy (non-hydrogen) atoms. The summed E-state index contributed by atoms with van der Waals surface area (Å²) in [6.45, 7) is 2.01. The molecule has 0 rings (SSSR count). The Bertz CT molecular complexity index is 273. The Morgan fingerprint density at radius 2 is 2.00 bits per heavy atom. The van der Waals surface area contributed by atoms with E-state index in [0.717, 1.165) is 19.3 Å². The van der Waals surface area contributed by atoms with Gasteiger partial charge in [0.05, 0.1) is 0 Å². The van der Waals surface area contributed by atoms with Gasteiger partial charge in [0.25, 0.3) is 10.1 Å². The molecular weight excluding hydrogens is 206 g/mol. The lowest BCUT2D eigenvalue weighted by Gasteiger charge is -2.06. The first kappa shape index (κ1) is 13.5. The maximum absolute atomic E-state index is 11.1. The Morgan fingerprint density at radius 3 is 2.43 bits per heavy atom. The summed E-state index contributed by atoms with van der Waals surface area (Å²) in [6.07, 6.45) is 2.71. The van der Waals surface area contributed by atoms with Gasteiger partial charge in [-0.1, -0.05) is 19.8 Å². The van der Waals surface area contributed by atoms with E-state index in [1.807, 2.05) is 6.92 Å². The second-order valence-corrected chi connectivity index (χ2v) is 4.89. The molecule has 84 valence electrons. The fourth-order valence-corrected chi connectivity index (χ4v) is 1.40. The Hall–Kier alpha value is -0.460. The van der Waals surface area contributed by atoms with E-state index >= 15 is 0 Å². The molecule has 5 nitrogen and oxygen atoms in total. The van der Waals surface area contributed by atoms with Crippen LogP contribution in [-0.4, -0.2) is 24.1 Å². The lowest BCUT2D eigenvalue weighted by atomic mass is 10.1. The normalized spacial score (nSPS) is 13.9. The Labute approximate surface area is 84.4 Å². The third-order valence-electron chi connectivity index (χ3n) is 1.87. The van der Waals surface area contributed by atoms with Crippen molar-refractivity contribution < 1.29 is 17.8 Å². The number of unbranched alkanes of at least 4 members (excludes halogenated alkanes) is 2. The van der Waals surface area contributed by atoms with Crippen LogP contribution in [-0.2, 0) is 14.9 Å². The summed E-state index contributed by atoms with van der Waals surface area (Å²) >= 11 is 0. The molecule has 0 aliphatic rings. The third kappa shape index (κ3) is 6.06. The predicted octanol–water partition coefficient (Wildman–Crippen LogP) is 0.699. The molecule has 0 radical (unpaired) electrons. The van der Waals surface area contributed by atoms with E-state index in [9.17, 15) is 13.2 Å². The maximum atomic E-state index is 11.1. The molecule has 0 aromatic heterocycles. The fourth-order valence-electron chi connectivity index (χ4n) is 1.00. The molecule has 0 bridgehead atoms. The van der Waals surface area contributed by atoms with Crippen molar-refractivity contribution in [2.75, 3.05) is 0 Å². The molecule has 0 saturated carbocycles. The highest BCUT2D eigenvalue weighted by atomic mass is 32.2. The maximum Gasteiger partial charge on any atom is 0.281 e. The van der Waals surface area contributed by atoms with Crippen molar-refractivity contribution in [2.45, 2.75) is 44.4 Å². The zero-order valence-corrected chi connectivity index (χ0v) is 9.09. The van der Waals surface area contributed by atoms with Crippen LogP contribution in [0, 0.1) is 0 Å². The van der Waals surface area contributed by atoms with E-state index in [4.69, 9.17) is 10.3 Å². The SMILES string of the molecule is CCCCCC(=O)CC(N)S(=O)(=O)O. The number of rotatable bonds is 7. The molecule has 0 spiro atoms. The van der Waals surface area contributed by atoms with Crippen molar-refractivity contribution in [3.05, 3.63) is 0 Å². The van der Waals surface area contributed by atoms with Gasteiger partial charge in [-0.2, -0.15) is 8.42 Å². The van der Waals surface area contributed by atoms with Crippen molar-refractivity contribution in [2.24, 2.45) is 5.73 Å². The van der Waals surface area contributed by atoms with Gasteiger partial charge in [0, 0.05) is 12.8 Å². The van der Waals surface area contributed by atoms with Crippen molar-refractivity contribution in [1.82, 2.24) is 0 Å². The smallest absolute Gasteiger partial charge is 0.281 e. The summed E-state index contributed by atoms with van der Waals surface area (Å²) in [5.41, 5.74) is 5.10. The lowest BCUT2D eigenvalue weighted by Crippen LogP contribution is -2.32. The number of ketones is 1. The summed E-state index contributed by atoms with van der Waals surface area (Å²) < 4.78 is 29.5. The van der Waals surface area contributed by atoms with Gasteiger partial charge >= 0.3 is 0 Å². The van der Waals surface area contributed by atoms with Crippen molar-refractivity contribution in [3.63, 3.8) is 0 Å². The van der Waals surface area contributed by atoms with E-state index in [0.29, 0.717) is 6.42 Å². The number of hydrogen-bond donors (Lipinski definition) is 2. The summed E-state index contributed by atoms with van der Waals surface area (Å²) in [5.74, 6) is -0.219. The summed E-state index contributed by atoms with van der Waals surface area (Å²) in [7, 11) is -4.27. The second-order valence-electron chi connectivity index (χ2n) is 3.25. The molecule has 0 amide bonds. The molecule has 0 heterocycles. The van der Waals surface area contributed by atoms with Crippen LogP contribution in [0.4, 0.5) is 0 Å². The Kier molecular flexibility index (Phi) is 5.90. The van der Waals surface area contributed by atoms with Gasteiger partial charge in [0.1, 0.15) is 11.2 Å². The molecular formula is C8H17NO4S. The van der Waals surface area contributed by atoms with E-state index in [2.05, 4.69) is 0 Å². The fraction of sp³-hybridized carbons (Fsp3) is 0.875. The Morgan fingerprint density at radius 1 is 1.43 bits per heavy atom. The van der Waals surface area contributed by atoms with Crippen molar-refractivity contribution >= 4 is 15.9 Å². The average Bonchev–Trinajstić information content (AvgIpc) is 2.03. The topological polar surface area (TPSA) is 97.5 Å². The van der Waals surface area contributed by atoms with Crippen molar-refractivity contribution in [1.29, 1.82) is 0 Å². The lowest BCUT2D eigenvalue weighted by molar-refractivity contribution is -0.119. The van der Waals surface area contributed by atoms with E-state index in [-0.39, 0.29) is 12.2 Å². The van der Waals surface area contributed by atoms with Gasteiger partial charge in [-0.15, -0.1) is 0 Å². The van der Waals surface area contributed by atoms with Gasteiger partial charge in [-0.05, 0) is 6.42 Å². The van der Waals surface area contributed by atoms with Gasteiger partial charge in [-0.25, -0.2) is 0 Å². The van der Waals surface area contributed by atoms with E-state index in [1.165, 1.54) is 0 Å². The minimum absolute atomic E-state index is 0.219. The quantitative estimate of drug-likeness (QED) is 0.489. The highest BCUT2D eigenvalue weighted by molar-refractivity contribution is 7.86. The van der Waals surface area contributed by atoms with Gasteiger partial charge in [0.2, 0.25) is 0 Å². The van der Waals surface area contributed by atoms with Gasteiger partial charge < -0.3 is 5.73 Å². The van der Waals surface area contributed by atoms with E-state index < -0.39 is 15.5 Å². The van der Waals surface area contributed by atoms with Crippen LogP contribution in [0.1, 0.15) is 39.0 Å². The van der Waals surface area contributed by atoms with Crippen LogP contribution >= 0.6 is 0 Å². The van der Waals surface area contributed by atoms with Crippen LogP contribution in [0.3, 0.4) is 0 Å². The molecule has 6 heteroatoms. The van der Waals surface area contributed by atoms with E-state index in [1.54, 1.807) is 0 Å². The molecule has 0 saturated heterocycles. The van der Waals surface area contributed by atoms with Crippen LogP contribution in [0.15, 0.2) is 0 Å². The molecule has 0 aromatic carbocycles. The highest BCUT2D eigenvalue weighted by Crippen LogP contribution is 2.05. The summed E-state index contributed by atoms with van der Waals surface area (Å²) in [5, 5.41) is -1.48. The van der Waals surface area contributed by atoms with Crippen LogP contribution in [0.5, 0.6) is 0 Å². The number of carbonyl (C=O) groups excluding carboxylic acids is 1. The molecule has 1 unspecified atom stereocenters. The minimum atomic E-state index is -4.27. The number of Topliss-reactive ketones (excluding diaryl/α,β-unsaturated/α-hetero) is 1. The largest absolute Gasteiger partial charge is 0.313 e. The predicted molar refractivity (Wildman–Crippen MR) is 53.3 cm³/mol.